The maximum atomic E-state index is 12.8. The number of methoxy groups -OCH3 is 1. The number of hydrogen-bond acceptors (Lipinski definition) is 4. The van der Waals surface area contributed by atoms with Crippen LogP contribution in [-0.4, -0.2) is 51.7 Å². The first kappa shape index (κ1) is 17.6. The highest BCUT2D eigenvalue weighted by Crippen LogP contribution is 2.26. The van der Waals surface area contributed by atoms with Crippen molar-refractivity contribution >= 4 is 21.6 Å². The number of hydrogen-bond donors (Lipinski definition) is 0. The molecule has 2 rings (SSSR count). The van der Waals surface area contributed by atoms with Gasteiger partial charge in [0.2, 0.25) is 15.9 Å². The molecule has 1 heterocycles. The van der Waals surface area contributed by atoms with Gasteiger partial charge in [0.25, 0.3) is 0 Å². The molecule has 128 valence electrons. The standard InChI is InChI=1S/C16H24N2O4S/c1-4-15(16(19)17-11-5-6-12-17)18(23(3,20)21)13-7-9-14(22-2)10-8-13/h7-10,15H,4-6,11-12H2,1-3H3/t15-/m1/s1. The Hall–Kier alpha value is -1.76. The van der Waals surface area contributed by atoms with Gasteiger partial charge in [0.15, 0.2) is 0 Å². The molecule has 0 saturated carbocycles. The molecule has 1 amide bonds. The molecular formula is C16H24N2O4S. The Morgan fingerprint density at radius 1 is 1.26 bits per heavy atom. The van der Waals surface area contributed by atoms with Crippen LogP contribution in [0.3, 0.4) is 0 Å². The molecule has 7 heteroatoms. The maximum absolute atomic E-state index is 12.8. The molecule has 0 bridgehead atoms. The van der Waals surface area contributed by atoms with Crippen LogP contribution in [0.2, 0.25) is 0 Å². The van der Waals surface area contributed by atoms with E-state index >= 15 is 0 Å². The van der Waals surface area contributed by atoms with Gasteiger partial charge in [0, 0.05) is 13.1 Å². The summed E-state index contributed by atoms with van der Waals surface area (Å²) in [6.45, 7) is 3.24. The minimum atomic E-state index is -3.58. The summed E-state index contributed by atoms with van der Waals surface area (Å²) < 4.78 is 31.0. The Morgan fingerprint density at radius 3 is 2.26 bits per heavy atom. The third-order valence-electron chi connectivity index (χ3n) is 4.06. The molecule has 0 radical (unpaired) electrons. The Balaban J connectivity index is 2.37. The average Bonchev–Trinajstić information content (AvgIpc) is 3.05. The maximum Gasteiger partial charge on any atom is 0.246 e. The van der Waals surface area contributed by atoms with E-state index in [-0.39, 0.29) is 5.91 Å². The summed E-state index contributed by atoms with van der Waals surface area (Å²) in [5.41, 5.74) is 0.479. The van der Waals surface area contributed by atoms with Crippen LogP contribution in [0.5, 0.6) is 5.75 Å². The molecule has 1 aromatic rings. The van der Waals surface area contributed by atoms with Gasteiger partial charge in [-0.2, -0.15) is 0 Å². The van der Waals surface area contributed by atoms with Crippen LogP contribution in [0.25, 0.3) is 0 Å². The van der Waals surface area contributed by atoms with Crippen LogP contribution >= 0.6 is 0 Å². The minimum Gasteiger partial charge on any atom is -0.497 e. The number of benzene rings is 1. The normalized spacial score (nSPS) is 16.2. The molecule has 1 aromatic carbocycles. The minimum absolute atomic E-state index is 0.119. The van der Waals surface area contributed by atoms with Gasteiger partial charge >= 0.3 is 0 Å². The second-order valence-electron chi connectivity index (χ2n) is 5.71. The molecule has 1 fully saturated rings. The molecule has 0 unspecified atom stereocenters. The van der Waals surface area contributed by atoms with Crippen molar-refractivity contribution in [3.05, 3.63) is 24.3 Å². The third kappa shape index (κ3) is 3.96. The van der Waals surface area contributed by atoms with Crippen molar-refractivity contribution in [2.75, 3.05) is 30.8 Å². The Labute approximate surface area is 138 Å². The van der Waals surface area contributed by atoms with Gasteiger partial charge in [0.1, 0.15) is 11.8 Å². The lowest BCUT2D eigenvalue weighted by Crippen LogP contribution is -2.50. The molecule has 1 aliphatic heterocycles. The van der Waals surface area contributed by atoms with E-state index < -0.39 is 16.1 Å². The topological polar surface area (TPSA) is 66.9 Å². The van der Waals surface area contributed by atoms with E-state index in [4.69, 9.17) is 4.74 Å². The average molecular weight is 340 g/mol. The second-order valence-corrected chi connectivity index (χ2v) is 7.57. The molecule has 23 heavy (non-hydrogen) atoms. The van der Waals surface area contributed by atoms with Crippen molar-refractivity contribution in [1.82, 2.24) is 4.90 Å². The molecule has 0 spiro atoms. The van der Waals surface area contributed by atoms with Crippen LogP contribution in [-0.2, 0) is 14.8 Å². The van der Waals surface area contributed by atoms with Gasteiger partial charge in [-0.15, -0.1) is 0 Å². The fourth-order valence-electron chi connectivity index (χ4n) is 2.92. The number of likely N-dealkylation sites (tertiary alicyclic amines) is 1. The molecule has 1 atom stereocenters. The lowest BCUT2D eigenvalue weighted by molar-refractivity contribution is -0.131. The third-order valence-corrected chi connectivity index (χ3v) is 5.24. The van der Waals surface area contributed by atoms with Crippen LogP contribution in [0, 0.1) is 0 Å². The number of carbonyl (C=O) groups is 1. The highest BCUT2D eigenvalue weighted by Gasteiger charge is 2.34. The molecular weight excluding hydrogens is 316 g/mol. The van der Waals surface area contributed by atoms with Crippen LogP contribution in [0.4, 0.5) is 5.69 Å². The van der Waals surface area contributed by atoms with E-state index in [1.807, 2.05) is 6.92 Å². The quantitative estimate of drug-likeness (QED) is 0.793. The number of anilines is 1. The molecule has 1 aliphatic rings. The summed E-state index contributed by atoms with van der Waals surface area (Å²) in [7, 11) is -2.03. The van der Waals surface area contributed by atoms with Crippen LogP contribution < -0.4 is 9.04 Å². The first-order valence-electron chi connectivity index (χ1n) is 7.80. The molecule has 6 nitrogen and oxygen atoms in total. The van der Waals surface area contributed by atoms with E-state index in [0.29, 0.717) is 30.9 Å². The SMILES string of the molecule is CC[C@H](C(=O)N1CCCC1)N(c1ccc(OC)cc1)S(C)(=O)=O. The van der Waals surface area contributed by atoms with E-state index in [1.165, 1.54) is 4.31 Å². The summed E-state index contributed by atoms with van der Waals surface area (Å²) in [5, 5.41) is 0. The smallest absolute Gasteiger partial charge is 0.246 e. The second kappa shape index (κ2) is 7.21. The number of nitrogens with zero attached hydrogens (tertiary/aromatic N) is 2. The van der Waals surface area contributed by atoms with Gasteiger partial charge < -0.3 is 9.64 Å². The summed E-state index contributed by atoms with van der Waals surface area (Å²) in [5.74, 6) is 0.521. The monoisotopic (exact) mass is 340 g/mol. The molecule has 0 aromatic heterocycles. The summed E-state index contributed by atoms with van der Waals surface area (Å²) in [6, 6.07) is 6.01. The van der Waals surface area contributed by atoms with Crippen molar-refractivity contribution < 1.29 is 17.9 Å². The van der Waals surface area contributed by atoms with Crippen molar-refractivity contribution in [3.63, 3.8) is 0 Å². The van der Waals surface area contributed by atoms with Crippen molar-refractivity contribution in [3.8, 4) is 5.75 Å². The van der Waals surface area contributed by atoms with Gasteiger partial charge in [-0.05, 0) is 43.5 Å². The zero-order valence-electron chi connectivity index (χ0n) is 13.9. The largest absolute Gasteiger partial charge is 0.497 e. The lowest BCUT2D eigenvalue weighted by atomic mass is 10.1. The van der Waals surface area contributed by atoms with Gasteiger partial charge in [-0.1, -0.05) is 6.92 Å². The zero-order valence-corrected chi connectivity index (χ0v) is 14.7. The van der Waals surface area contributed by atoms with E-state index in [0.717, 1.165) is 19.1 Å². The number of rotatable bonds is 6. The van der Waals surface area contributed by atoms with Gasteiger partial charge in [0.05, 0.1) is 19.1 Å². The first-order valence-corrected chi connectivity index (χ1v) is 9.65. The van der Waals surface area contributed by atoms with Crippen LogP contribution in [0.15, 0.2) is 24.3 Å². The predicted octanol–water partition coefficient (Wildman–Crippen LogP) is 1.86. The number of sulfonamides is 1. The van der Waals surface area contributed by atoms with E-state index in [1.54, 1.807) is 36.3 Å². The van der Waals surface area contributed by atoms with Crippen molar-refractivity contribution in [2.24, 2.45) is 0 Å². The first-order chi connectivity index (χ1) is 10.9. The fraction of sp³-hybridized carbons (Fsp3) is 0.562. The predicted molar refractivity (Wildman–Crippen MR) is 90.2 cm³/mol. The van der Waals surface area contributed by atoms with E-state index in [9.17, 15) is 13.2 Å². The number of ether oxygens (including phenoxy) is 1. The number of amides is 1. The molecule has 1 saturated heterocycles. The van der Waals surface area contributed by atoms with E-state index in [2.05, 4.69) is 0 Å². The lowest BCUT2D eigenvalue weighted by Gasteiger charge is -2.32. The Kier molecular flexibility index (Phi) is 5.51. The highest BCUT2D eigenvalue weighted by molar-refractivity contribution is 7.92. The van der Waals surface area contributed by atoms with Crippen molar-refractivity contribution in [2.45, 2.75) is 32.2 Å². The Bertz CT molecular complexity index is 637. The molecule has 0 N–H and O–H groups in total. The Morgan fingerprint density at radius 2 is 1.83 bits per heavy atom. The summed E-state index contributed by atoms with van der Waals surface area (Å²) in [4.78, 5) is 14.5. The van der Waals surface area contributed by atoms with Crippen molar-refractivity contribution in [1.29, 1.82) is 0 Å². The summed E-state index contributed by atoms with van der Waals surface area (Å²) in [6.07, 6.45) is 3.51. The highest BCUT2D eigenvalue weighted by atomic mass is 32.2. The zero-order chi connectivity index (χ0) is 17.0. The fourth-order valence-corrected chi connectivity index (χ4v) is 4.13. The van der Waals surface area contributed by atoms with Crippen LogP contribution in [0.1, 0.15) is 26.2 Å². The summed E-state index contributed by atoms with van der Waals surface area (Å²) >= 11 is 0. The number of carbonyl (C=O) groups excluding carboxylic acids is 1. The van der Waals surface area contributed by atoms with Gasteiger partial charge in [-0.25, -0.2) is 8.42 Å². The molecule has 0 aliphatic carbocycles. The van der Waals surface area contributed by atoms with Gasteiger partial charge in [-0.3, -0.25) is 9.10 Å².